The highest BCUT2D eigenvalue weighted by Crippen LogP contribution is 2.30. The van der Waals surface area contributed by atoms with Crippen LogP contribution in [0.3, 0.4) is 0 Å². The second-order valence-electron chi connectivity index (χ2n) is 3.80. The molecule has 102 valence electrons. The molecule has 0 aromatic heterocycles. The van der Waals surface area contributed by atoms with Gasteiger partial charge in [-0.2, -0.15) is 0 Å². The van der Waals surface area contributed by atoms with Crippen LogP contribution in [0, 0.1) is 0 Å². The maximum atomic E-state index is 12.2. The molecule has 1 aromatic carbocycles. The Hall–Kier alpha value is -0.980. The molecule has 2 N–H and O–H groups in total. The zero-order chi connectivity index (χ0) is 12.3. The van der Waals surface area contributed by atoms with Gasteiger partial charge in [0.25, 0.3) is 0 Å². The lowest BCUT2D eigenvalue weighted by Gasteiger charge is -2.26. The molecule has 0 radical (unpaired) electrons. The fourth-order valence-corrected chi connectivity index (χ4v) is 1.86. The van der Waals surface area contributed by atoms with E-state index in [9.17, 15) is 13.2 Å². The van der Waals surface area contributed by atoms with Gasteiger partial charge < -0.3 is 15.4 Å². The molecule has 3 nitrogen and oxygen atoms in total. The van der Waals surface area contributed by atoms with E-state index in [0.717, 1.165) is 13.1 Å². The predicted octanol–water partition coefficient (Wildman–Crippen LogP) is 2.24. The number of piperazine rings is 1. The van der Waals surface area contributed by atoms with Crippen molar-refractivity contribution in [1.82, 2.24) is 10.6 Å². The smallest absolute Gasteiger partial charge is 0.405 e. The summed E-state index contributed by atoms with van der Waals surface area (Å²) < 4.78 is 40.7. The van der Waals surface area contributed by atoms with Gasteiger partial charge in [0.2, 0.25) is 0 Å². The first-order valence-corrected chi connectivity index (χ1v) is 5.35. The maximum absolute atomic E-state index is 12.2. The number of rotatable bonds is 2. The zero-order valence-corrected chi connectivity index (χ0v) is 10.3. The Morgan fingerprint density at radius 1 is 1.17 bits per heavy atom. The van der Waals surface area contributed by atoms with Gasteiger partial charge in [-0.3, -0.25) is 0 Å². The average Bonchev–Trinajstić information content (AvgIpc) is 2.29. The van der Waals surface area contributed by atoms with Crippen LogP contribution in [-0.4, -0.2) is 26.0 Å². The van der Waals surface area contributed by atoms with Crippen molar-refractivity contribution < 1.29 is 17.9 Å². The Morgan fingerprint density at radius 2 is 1.89 bits per heavy atom. The number of benzene rings is 1. The number of hydrogen-bond acceptors (Lipinski definition) is 3. The fourth-order valence-electron chi connectivity index (χ4n) is 1.86. The maximum Gasteiger partial charge on any atom is 0.573 e. The van der Waals surface area contributed by atoms with E-state index in [-0.39, 0.29) is 24.2 Å². The van der Waals surface area contributed by atoms with Crippen LogP contribution in [0.4, 0.5) is 13.2 Å². The van der Waals surface area contributed by atoms with Gasteiger partial charge in [-0.1, -0.05) is 18.2 Å². The quantitative estimate of drug-likeness (QED) is 0.873. The van der Waals surface area contributed by atoms with Crippen LogP contribution in [0.1, 0.15) is 11.6 Å². The lowest BCUT2D eigenvalue weighted by molar-refractivity contribution is -0.275. The summed E-state index contributed by atoms with van der Waals surface area (Å²) in [5.41, 5.74) is 0.525. The monoisotopic (exact) mass is 282 g/mol. The Kier molecular flexibility index (Phi) is 5.25. The first-order chi connectivity index (χ1) is 8.06. The van der Waals surface area contributed by atoms with Gasteiger partial charge in [-0.25, -0.2) is 0 Å². The minimum Gasteiger partial charge on any atom is -0.405 e. The number of para-hydroxylation sites is 1. The van der Waals surface area contributed by atoms with E-state index in [0.29, 0.717) is 12.1 Å². The van der Waals surface area contributed by atoms with Crippen LogP contribution in [0.25, 0.3) is 0 Å². The van der Waals surface area contributed by atoms with Gasteiger partial charge in [-0.05, 0) is 6.07 Å². The van der Waals surface area contributed by atoms with Crippen molar-refractivity contribution in [2.75, 3.05) is 19.6 Å². The molecular formula is C11H14ClF3N2O. The summed E-state index contributed by atoms with van der Waals surface area (Å²) in [7, 11) is 0. The summed E-state index contributed by atoms with van der Waals surface area (Å²) >= 11 is 0. The topological polar surface area (TPSA) is 33.3 Å². The van der Waals surface area contributed by atoms with Crippen LogP contribution in [0.5, 0.6) is 5.75 Å². The van der Waals surface area contributed by atoms with Gasteiger partial charge in [0.15, 0.2) is 0 Å². The van der Waals surface area contributed by atoms with Gasteiger partial charge in [-0.15, -0.1) is 25.6 Å². The summed E-state index contributed by atoms with van der Waals surface area (Å²) in [4.78, 5) is 0. The molecule has 0 aliphatic carbocycles. The number of halogens is 4. The highest BCUT2D eigenvalue weighted by Gasteiger charge is 2.33. The molecule has 1 aromatic rings. The van der Waals surface area contributed by atoms with E-state index < -0.39 is 6.36 Å². The Labute approximate surface area is 109 Å². The van der Waals surface area contributed by atoms with Gasteiger partial charge >= 0.3 is 6.36 Å². The Balaban J connectivity index is 0.00000162. The normalized spacial score (nSPS) is 20.1. The number of ether oxygens (including phenoxy) is 1. The average molecular weight is 283 g/mol. The standard InChI is InChI=1S/C11H13F3N2O.ClH/c12-11(13,14)17-10-4-2-1-3-8(10)9-7-15-5-6-16-9;/h1-4,9,15-16H,5-7H2;1H/t9-;/m0./s1. The molecule has 18 heavy (non-hydrogen) atoms. The number of hydrogen-bond donors (Lipinski definition) is 2. The SMILES string of the molecule is Cl.FC(F)(F)Oc1ccccc1[C@@H]1CNCCN1. The summed E-state index contributed by atoms with van der Waals surface area (Å²) in [5, 5.41) is 6.28. The summed E-state index contributed by atoms with van der Waals surface area (Å²) in [6.07, 6.45) is -4.65. The van der Waals surface area contributed by atoms with Gasteiger partial charge in [0.05, 0.1) is 0 Å². The van der Waals surface area contributed by atoms with Crippen molar-refractivity contribution in [1.29, 1.82) is 0 Å². The first kappa shape index (κ1) is 15.1. The molecule has 0 bridgehead atoms. The molecule has 1 heterocycles. The summed E-state index contributed by atoms with van der Waals surface area (Å²) in [6, 6.07) is 6.06. The van der Waals surface area contributed by atoms with Crippen LogP contribution >= 0.6 is 12.4 Å². The highest BCUT2D eigenvalue weighted by atomic mass is 35.5. The lowest BCUT2D eigenvalue weighted by Crippen LogP contribution is -2.42. The van der Waals surface area contributed by atoms with Gasteiger partial charge in [0.1, 0.15) is 5.75 Å². The van der Waals surface area contributed by atoms with Crippen molar-refractivity contribution in [2.24, 2.45) is 0 Å². The summed E-state index contributed by atoms with van der Waals surface area (Å²) in [6.45, 7) is 2.14. The van der Waals surface area contributed by atoms with E-state index >= 15 is 0 Å². The third-order valence-electron chi connectivity index (χ3n) is 2.56. The van der Waals surface area contributed by atoms with E-state index in [1.165, 1.54) is 12.1 Å². The molecule has 0 spiro atoms. The fraction of sp³-hybridized carbons (Fsp3) is 0.455. The third-order valence-corrected chi connectivity index (χ3v) is 2.56. The van der Waals surface area contributed by atoms with Crippen molar-refractivity contribution in [3.05, 3.63) is 29.8 Å². The minimum absolute atomic E-state index is 0. The van der Waals surface area contributed by atoms with E-state index in [2.05, 4.69) is 15.4 Å². The highest BCUT2D eigenvalue weighted by molar-refractivity contribution is 5.85. The van der Waals surface area contributed by atoms with Crippen molar-refractivity contribution in [3.8, 4) is 5.75 Å². The second-order valence-corrected chi connectivity index (χ2v) is 3.80. The Morgan fingerprint density at radius 3 is 2.50 bits per heavy atom. The van der Waals surface area contributed by atoms with Crippen molar-refractivity contribution in [3.63, 3.8) is 0 Å². The molecule has 0 unspecified atom stereocenters. The number of alkyl halides is 3. The Bertz CT molecular complexity index is 381. The van der Waals surface area contributed by atoms with Crippen LogP contribution in [0.15, 0.2) is 24.3 Å². The van der Waals surface area contributed by atoms with Crippen LogP contribution in [0.2, 0.25) is 0 Å². The largest absolute Gasteiger partial charge is 0.573 e. The zero-order valence-electron chi connectivity index (χ0n) is 9.46. The predicted molar refractivity (Wildman–Crippen MR) is 64.0 cm³/mol. The van der Waals surface area contributed by atoms with Gasteiger partial charge in [0, 0.05) is 31.2 Å². The first-order valence-electron chi connectivity index (χ1n) is 5.35. The molecule has 1 fully saturated rings. The van der Waals surface area contributed by atoms with Crippen molar-refractivity contribution >= 4 is 12.4 Å². The third kappa shape index (κ3) is 4.04. The minimum atomic E-state index is -4.65. The van der Waals surface area contributed by atoms with E-state index in [4.69, 9.17) is 0 Å². The molecule has 0 saturated carbocycles. The van der Waals surface area contributed by atoms with E-state index in [1.54, 1.807) is 12.1 Å². The lowest BCUT2D eigenvalue weighted by atomic mass is 10.0. The van der Waals surface area contributed by atoms with Crippen LogP contribution < -0.4 is 15.4 Å². The molecular weight excluding hydrogens is 269 g/mol. The molecule has 1 saturated heterocycles. The van der Waals surface area contributed by atoms with Crippen LogP contribution in [-0.2, 0) is 0 Å². The molecule has 2 rings (SSSR count). The number of nitrogens with one attached hydrogen (secondary N) is 2. The molecule has 0 amide bonds. The molecule has 7 heteroatoms. The molecule has 1 aliphatic rings. The molecule has 1 aliphatic heterocycles. The van der Waals surface area contributed by atoms with Crippen molar-refractivity contribution in [2.45, 2.75) is 12.4 Å². The van der Waals surface area contributed by atoms with E-state index in [1.807, 2.05) is 0 Å². The second kappa shape index (κ2) is 6.26. The molecule has 1 atom stereocenters. The summed E-state index contributed by atoms with van der Waals surface area (Å²) in [5.74, 6) is -0.138.